The summed E-state index contributed by atoms with van der Waals surface area (Å²) < 4.78 is 13.6. The van der Waals surface area contributed by atoms with Gasteiger partial charge in [-0.05, 0) is 24.5 Å². The van der Waals surface area contributed by atoms with E-state index in [2.05, 4.69) is 4.98 Å². The minimum absolute atomic E-state index is 0.150. The Bertz CT molecular complexity index is 612. The van der Waals surface area contributed by atoms with Gasteiger partial charge in [-0.1, -0.05) is 25.0 Å². The minimum Gasteiger partial charge on any atom is -0.359 e. The molecular weight excluding hydrogens is 255 g/mol. The fourth-order valence-electron chi connectivity index (χ4n) is 2.92. The molecule has 0 saturated carbocycles. The van der Waals surface area contributed by atoms with Crippen LogP contribution < -0.4 is 0 Å². The van der Waals surface area contributed by atoms with Gasteiger partial charge in [-0.3, -0.25) is 4.79 Å². The molecule has 106 valence electrons. The quantitative estimate of drug-likeness (QED) is 0.896. The molecule has 0 bridgehead atoms. The van der Waals surface area contributed by atoms with Crippen LogP contribution in [0, 0.1) is 5.82 Å². The average Bonchev–Trinajstić information content (AvgIpc) is 2.69. The lowest BCUT2D eigenvalue weighted by Crippen LogP contribution is -2.33. The van der Waals surface area contributed by atoms with E-state index in [9.17, 15) is 9.18 Å². The zero-order valence-corrected chi connectivity index (χ0v) is 11.5. The summed E-state index contributed by atoms with van der Waals surface area (Å²) >= 11 is 0. The zero-order valence-electron chi connectivity index (χ0n) is 11.5. The largest absolute Gasteiger partial charge is 0.359 e. The Hall–Kier alpha value is -1.84. The molecule has 20 heavy (non-hydrogen) atoms. The van der Waals surface area contributed by atoms with Gasteiger partial charge in [0.1, 0.15) is 5.82 Å². The summed E-state index contributed by atoms with van der Waals surface area (Å²) in [5, 5.41) is 0.813. The highest BCUT2D eigenvalue weighted by Crippen LogP contribution is 2.22. The second kappa shape index (κ2) is 5.65. The van der Waals surface area contributed by atoms with Gasteiger partial charge in [0.2, 0.25) is 5.91 Å². The Kier molecular flexibility index (Phi) is 3.72. The molecule has 2 heterocycles. The highest BCUT2D eigenvalue weighted by Gasteiger charge is 2.17. The Morgan fingerprint density at radius 3 is 2.70 bits per heavy atom. The molecule has 1 fully saturated rings. The van der Waals surface area contributed by atoms with Gasteiger partial charge in [0.15, 0.2) is 0 Å². The second-order valence-electron chi connectivity index (χ2n) is 5.45. The van der Waals surface area contributed by atoms with E-state index >= 15 is 0 Å². The van der Waals surface area contributed by atoms with Gasteiger partial charge in [-0.2, -0.15) is 0 Å². The number of para-hydroxylation sites is 1. The number of amides is 1. The van der Waals surface area contributed by atoms with Crippen LogP contribution in [0.15, 0.2) is 24.4 Å². The van der Waals surface area contributed by atoms with Crippen molar-refractivity contribution in [2.75, 3.05) is 13.1 Å². The third kappa shape index (κ3) is 2.55. The van der Waals surface area contributed by atoms with Gasteiger partial charge < -0.3 is 9.88 Å². The molecule has 1 aromatic carbocycles. The number of nitrogens with zero attached hydrogens (tertiary/aromatic N) is 1. The average molecular weight is 274 g/mol. The lowest BCUT2D eigenvalue weighted by Gasteiger charge is -2.20. The molecule has 0 radical (unpaired) electrons. The number of likely N-dealkylation sites (tertiary alicyclic amines) is 1. The minimum atomic E-state index is -0.268. The van der Waals surface area contributed by atoms with E-state index in [4.69, 9.17) is 0 Å². The van der Waals surface area contributed by atoms with Crippen molar-refractivity contribution < 1.29 is 9.18 Å². The molecule has 4 heteroatoms. The van der Waals surface area contributed by atoms with Crippen molar-refractivity contribution in [3.63, 3.8) is 0 Å². The normalized spacial score (nSPS) is 16.4. The Morgan fingerprint density at radius 2 is 1.95 bits per heavy atom. The van der Waals surface area contributed by atoms with Crippen molar-refractivity contribution in [1.29, 1.82) is 0 Å². The van der Waals surface area contributed by atoms with Crippen LogP contribution in [0.25, 0.3) is 10.9 Å². The van der Waals surface area contributed by atoms with Crippen LogP contribution in [0.3, 0.4) is 0 Å². The van der Waals surface area contributed by atoms with Gasteiger partial charge in [0, 0.05) is 24.7 Å². The first-order chi connectivity index (χ1) is 9.75. The van der Waals surface area contributed by atoms with Gasteiger partial charge in [0.25, 0.3) is 0 Å². The number of H-pyrrole nitrogens is 1. The Balaban J connectivity index is 1.78. The predicted molar refractivity (Wildman–Crippen MR) is 77.0 cm³/mol. The summed E-state index contributed by atoms with van der Waals surface area (Å²) in [6.07, 6.45) is 6.71. The molecule has 3 rings (SSSR count). The topological polar surface area (TPSA) is 36.1 Å². The van der Waals surface area contributed by atoms with Crippen LogP contribution in [0.5, 0.6) is 0 Å². The molecule has 2 aromatic rings. The highest BCUT2D eigenvalue weighted by molar-refractivity contribution is 5.89. The van der Waals surface area contributed by atoms with E-state index in [0.29, 0.717) is 11.9 Å². The highest BCUT2D eigenvalue weighted by atomic mass is 19.1. The number of benzene rings is 1. The Labute approximate surface area is 117 Å². The van der Waals surface area contributed by atoms with Crippen molar-refractivity contribution in [3.05, 3.63) is 35.8 Å². The summed E-state index contributed by atoms with van der Waals surface area (Å²) in [7, 11) is 0. The zero-order chi connectivity index (χ0) is 13.9. The molecular formula is C16H19FN2O. The number of fused-ring (bicyclic) bond motifs is 1. The molecule has 3 nitrogen and oxygen atoms in total. The maximum absolute atomic E-state index is 13.6. The Morgan fingerprint density at radius 1 is 1.20 bits per heavy atom. The van der Waals surface area contributed by atoms with Crippen molar-refractivity contribution in [2.24, 2.45) is 0 Å². The third-order valence-corrected chi connectivity index (χ3v) is 4.05. The van der Waals surface area contributed by atoms with E-state index in [1.807, 2.05) is 11.0 Å². The van der Waals surface area contributed by atoms with Crippen LogP contribution >= 0.6 is 0 Å². The van der Waals surface area contributed by atoms with Gasteiger partial charge in [0.05, 0.1) is 11.9 Å². The molecule has 0 aliphatic carbocycles. The monoisotopic (exact) mass is 274 g/mol. The first kappa shape index (κ1) is 13.2. The lowest BCUT2D eigenvalue weighted by molar-refractivity contribution is -0.130. The van der Waals surface area contributed by atoms with Crippen LogP contribution in [-0.4, -0.2) is 28.9 Å². The maximum atomic E-state index is 13.6. The van der Waals surface area contributed by atoms with E-state index in [-0.39, 0.29) is 11.7 Å². The first-order valence-electron chi connectivity index (χ1n) is 7.28. The smallest absolute Gasteiger partial charge is 0.227 e. The predicted octanol–water partition coefficient (Wildman–Crippen LogP) is 3.25. The molecule has 1 aliphatic heterocycles. The number of carbonyl (C=O) groups excluding carboxylic acids is 1. The van der Waals surface area contributed by atoms with E-state index < -0.39 is 0 Å². The lowest BCUT2D eigenvalue weighted by atomic mass is 10.1. The summed E-state index contributed by atoms with van der Waals surface area (Å²) in [5.41, 5.74) is 1.37. The first-order valence-corrected chi connectivity index (χ1v) is 7.28. The van der Waals surface area contributed by atoms with Crippen molar-refractivity contribution >= 4 is 16.8 Å². The SMILES string of the molecule is O=C(Cc1c[nH]c2c(F)cccc12)N1CCCCCC1. The van der Waals surface area contributed by atoms with E-state index in [1.54, 1.807) is 12.3 Å². The summed E-state index contributed by atoms with van der Waals surface area (Å²) in [4.78, 5) is 17.2. The molecule has 1 aromatic heterocycles. The molecule has 1 aliphatic rings. The fraction of sp³-hybridized carbons (Fsp3) is 0.438. The number of hydrogen-bond acceptors (Lipinski definition) is 1. The number of nitrogens with one attached hydrogen (secondary N) is 1. The van der Waals surface area contributed by atoms with Crippen LogP contribution in [0.2, 0.25) is 0 Å². The van der Waals surface area contributed by atoms with Crippen molar-refractivity contribution in [2.45, 2.75) is 32.1 Å². The fourth-order valence-corrected chi connectivity index (χ4v) is 2.92. The maximum Gasteiger partial charge on any atom is 0.227 e. The number of aromatic amines is 1. The number of rotatable bonds is 2. The molecule has 1 N–H and O–H groups in total. The number of aromatic nitrogens is 1. The third-order valence-electron chi connectivity index (χ3n) is 4.05. The molecule has 0 atom stereocenters. The molecule has 0 spiro atoms. The summed E-state index contributed by atoms with van der Waals surface area (Å²) in [6.45, 7) is 1.71. The van der Waals surface area contributed by atoms with Crippen LogP contribution in [-0.2, 0) is 11.2 Å². The molecule has 1 amide bonds. The van der Waals surface area contributed by atoms with Crippen molar-refractivity contribution in [1.82, 2.24) is 9.88 Å². The summed E-state index contributed by atoms with van der Waals surface area (Å²) in [6, 6.07) is 4.98. The summed E-state index contributed by atoms with van der Waals surface area (Å²) in [5.74, 6) is -0.118. The van der Waals surface area contributed by atoms with Gasteiger partial charge in [-0.25, -0.2) is 4.39 Å². The van der Waals surface area contributed by atoms with Crippen molar-refractivity contribution in [3.8, 4) is 0 Å². The second-order valence-corrected chi connectivity index (χ2v) is 5.45. The van der Waals surface area contributed by atoms with Crippen LogP contribution in [0.4, 0.5) is 4.39 Å². The molecule has 1 saturated heterocycles. The molecule has 0 unspecified atom stereocenters. The van der Waals surface area contributed by atoms with E-state index in [1.165, 1.54) is 18.9 Å². The van der Waals surface area contributed by atoms with E-state index in [0.717, 1.165) is 36.9 Å². The van der Waals surface area contributed by atoms with Gasteiger partial charge in [-0.15, -0.1) is 0 Å². The number of hydrogen-bond donors (Lipinski definition) is 1. The number of carbonyl (C=O) groups is 1. The van der Waals surface area contributed by atoms with Gasteiger partial charge >= 0.3 is 0 Å². The number of halogens is 1. The van der Waals surface area contributed by atoms with Crippen LogP contribution in [0.1, 0.15) is 31.2 Å². The standard InChI is InChI=1S/C16H19FN2O/c17-14-7-5-6-13-12(11-18-16(13)14)10-15(20)19-8-3-1-2-4-9-19/h5-7,11,18H,1-4,8-10H2.